The highest BCUT2D eigenvalue weighted by molar-refractivity contribution is 5.92. The molecule has 1 aromatic heterocycles. The smallest absolute Gasteiger partial charge is 0.292 e. The van der Waals surface area contributed by atoms with Gasteiger partial charge in [0.2, 0.25) is 5.82 Å². The molecular weight excluding hydrogens is 350 g/mol. The molecule has 1 aliphatic carbocycles. The Bertz CT molecular complexity index is 941. The van der Waals surface area contributed by atoms with Gasteiger partial charge in [-0.05, 0) is 25.0 Å². The van der Waals surface area contributed by atoms with Gasteiger partial charge < -0.3 is 5.32 Å². The molecule has 0 radical (unpaired) electrons. The van der Waals surface area contributed by atoms with Gasteiger partial charge in [-0.25, -0.2) is 9.67 Å². The summed E-state index contributed by atoms with van der Waals surface area (Å²) in [5.74, 6) is 0.254. The number of carbonyl (C=O) groups excluding carboxylic acids is 1. The molecule has 1 saturated carbocycles. The minimum Gasteiger partial charge on any atom is -0.331 e. The maximum atomic E-state index is 12.9. The molecule has 6 heteroatoms. The van der Waals surface area contributed by atoms with Crippen LogP contribution in [0.3, 0.4) is 0 Å². The zero-order valence-corrected chi connectivity index (χ0v) is 15.5. The normalized spacial score (nSPS) is 15.5. The Morgan fingerprint density at radius 3 is 2.29 bits per heavy atom. The van der Waals surface area contributed by atoms with Crippen molar-refractivity contribution in [1.82, 2.24) is 20.1 Å². The van der Waals surface area contributed by atoms with Gasteiger partial charge in [0.25, 0.3) is 5.91 Å². The van der Waals surface area contributed by atoms with Crippen molar-refractivity contribution in [2.24, 2.45) is 0 Å². The van der Waals surface area contributed by atoms with Crippen molar-refractivity contribution in [2.45, 2.75) is 37.6 Å². The van der Waals surface area contributed by atoms with Crippen LogP contribution in [0.15, 0.2) is 60.7 Å². The second kappa shape index (κ2) is 7.65. The fourth-order valence-electron chi connectivity index (χ4n) is 3.62. The standard InChI is InChI=1S/C22H21N5O/c23-16-22(14-8-3-9-15-22)25-21(28)19-24-20(17-10-4-1-5-11-17)27(26-19)18-12-6-2-7-13-18/h1-2,4-7,10-13H,3,8-9,14-15H2,(H,25,28). The van der Waals surface area contributed by atoms with Crippen molar-refractivity contribution in [2.75, 3.05) is 0 Å². The summed E-state index contributed by atoms with van der Waals surface area (Å²) in [4.78, 5) is 17.4. The molecule has 0 unspecified atom stereocenters. The van der Waals surface area contributed by atoms with E-state index < -0.39 is 11.4 Å². The summed E-state index contributed by atoms with van der Waals surface area (Å²) < 4.78 is 1.67. The fraction of sp³-hybridized carbons (Fsp3) is 0.273. The first-order valence-electron chi connectivity index (χ1n) is 9.52. The third kappa shape index (κ3) is 3.52. The summed E-state index contributed by atoms with van der Waals surface area (Å²) in [7, 11) is 0. The highest BCUT2D eigenvalue weighted by Gasteiger charge is 2.35. The first kappa shape index (κ1) is 17.9. The van der Waals surface area contributed by atoms with Crippen molar-refractivity contribution >= 4 is 5.91 Å². The lowest BCUT2D eigenvalue weighted by Gasteiger charge is -2.30. The third-order valence-electron chi connectivity index (χ3n) is 5.12. The van der Waals surface area contributed by atoms with Gasteiger partial charge in [0.15, 0.2) is 5.82 Å². The molecule has 6 nitrogen and oxygen atoms in total. The largest absolute Gasteiger partial charge is 0.331 e. The Labute approximate surface area is 163 Å². The molecule has 1 fully saturated rings. The number of para-hydroxylation sites is 1. The van der Waals surface area contributed by atoms with Gasteiger partial charge in [0, 0.05) is 5.56 Å². The van der Waals surface area contributed by atoms with Crippen LogP contribution < -0.4 is 5.32 Å². The Balaban J connectivity index is 1.71. The lowest BCUT2D eigenvalue weighted by atomic mass is 9.83. The number of rotatable bonds is 4. The average Bonchev–Trinajstić information content (AvgIpc) is 3.21. The van der Waals surface area contributed by atoms with E-state index in [0.717, 1.165) is 30.5 Å². The van der Waals surface area contributed by atoms with Gasteiger partial charge in [0.1, 0.15) is 5.54 Å². The molecular formula is C22H21N5O. The number of aromatic nitrogens is 3. The van der Waals surface area contributed by atoms with E-state index in [0.29, 0.717) is 18.7 Å². The van der Waals surface area contributed by atoms with Crippen molar-refractivity contribution in [3.63, 3.8) is 0 Å². The maximum absolute atomic E-state index is 12.9. The van der Waals surface area contributed by atoms with Crippen LogP contribution in [0.1, 0.15) is 42.7 Å². The first-order chi connectivity index (χ1) is 13.7. The molecule has 4 rings (SSSR count). The van der Waals surface area contributed by atoms with Crippen LogP contribution in [0.25, 0.3) is 17.1 Å². The van der Waals surface area contributed by atoms with E-state index >= 15 is 0 Å². The average molecular weight is 371 g/mol. The summed E-state index contributed by atoms with van der Waals surface area (Å²) in [5, 5.41) is 17.0. The minimum absolute atomic E-state index is 0.0721. The predicted octanol–water partition coefficient (Wildman–Crippen LogP) is 3.89. The van der Waals surface area contributed by atoms with Crippen molar-refractivity contribution in [3.05, 3.63) is 66.5 Å². The summed E-state index contributed by atoms with van der Waals surface area (Å²) >= 11 is 0. The highest BCUT2D eigenvalue weighted by atomic mass is 16.2. The molecule has 2 aromatic carbocycles. The second-order valence-corrected chi connectivity index (χ2v) is 7.08. The predicted molar refractivity (Wildman–Crippen MR) is 106 cm³/mol. The molecule has 1 heterocycles. The molecule has 0 spiro atoms. The van der Waals surface area contributed by atoms with Crippen LogP contribution >= 0.6 is 0 Å². The van der Waals surface area contributed by atoms with Crippen molar-refractivity contribution < 1.29 is 4.79 Å². The van der Waals surface area contributed by atoms with Gasteiger partial charge >= 0.3 is 0 Å². The van der Waals surface area contributed by atoms with Crippen molar-refractivity contribution in [1.29, 1.82) is 5.26 Å². The Morgan fingerprint density at radius 2 is 1.64 bits per heavy atom. The molecule has 1 amide bonds. The number of nitriles is 1. The Hall–Kier alpha value is -3.46. The number of amides is 1. The number of nitrogens with zero attached hydrogens (tertiary/aromatic N) is 4. The number of nitrogens with one attached hydrogen (secondary N) is 1. The minimum atomic E-state index is -0.819. The first-order valence-corrected chi connectivity index (χ1v) is 9.52. The lowest BCUT2D eigenvalue weighted by Crippen LogP contribution is -2.48. The van der Waals surface area contributed by atoms with E-state index in [4.69, 9.17) is 0 Å². The lowest BCUT2D eigenvalue weighted by molar-refractivity contribution is 0.0892. The van der Waals surface area contributed by atoms with Crippen LogP contribution in [0.4, 0.5) is 0 Å². The number of hydrogen-bond donors (Lipinski definition) is 1. The molecule has 0 aliphatic heterocycles. The number of carbonyl (C=O) groups is 1. The van der Waals surface area contributed by atoms with Gasteiger partial charge in [-0.15, -0.1) is 5.10 Å². The zero-order valence-electron chi connectivity index (χ0n) is 15.5. The van der Waals surface area contributed by atoms with Gasteiger partial charge in [-0.1, -0.05) is 67.8 Å². The van der Waals surface area contributed by atoms with Crippen LogP contribution in [0.2, 0.25) is 0 Å². The summed E-state index contributed by atoms with van der Waals surface area (Å²) in [5.41, 5.74) is 0.867. The molecule has 1 aliphatic rings. The topological polar surface area (TPSA) is 83.6 Å². The molecule has 0 saturated heterocycles. The molecule has 0 bridgehead atoms. The number of hydrogen-bond acceptors (Lipinski definition) is 4. The second-order valence-electron chi connectivity index (χ2n) is 7.08. The molecule has 3 aromatic rings. The summed E-state index contributed by atoms with van der Waals surface area (Å²) in [6, 6.07) is 21.5. The summed E-state index contributed by atoms with van der Waals surface area (Å²) in [6.45, 7) is 0. The van der Waals surface area contributed by atoms with Crippen LogP contribution in [-0.2, 0) is 0 Å². The Kier molecular flexibility index (Phi) is 4.90. The van der Waals surface area contributed by atoms with Crippen molar-refractivity contribution in [3.8, 4) is 23.1 Å². The van der Waals surface area contributed by atoms with Gasteiger partial charge in [-0.2, -0.15) is 5.26 Å². The fourth-order valence-corrected chi connectivity index (χ4v) is 3.62. The van der Waals surface area contributed by atoms with Crippen LogP contribution in [-0.4, -0.2) is 26.2 Å². The van der Waals surface area contributed by atoms with E-state index in [-0.39, 0.29) is 5.82 Å². The maximum Gasteiger partial charge on any atom is 0.292 e. The highest BCUT2D eigenvalue weighted by Crippen LogP contribution is 2.28. The van der Waals surface area contributed by atoms with E-state index in [9.17, 15) is 10.1 Å². The zero-order chi connectivity index (χ0) is 19.4. The van der Waals surface area contributed by atoms with Crippen LogP contribution in [0.5, 0.6) is 0 Å². The van der Waals surface area contributed by atoms with E-state index in [1.165, 1.54) is 0 Å². The molecule has 0 atom stereocenters. The quantitative estimate of drug-likeness (QED) is 0.754. The molecule has 140 valence electrons. The van der Waals surface area contributed by atoms with Crippen LogP contribution in [0, 0.1) is 11.3 Å². The Morgan fingerprint density at radius 1 is 1.00 bits per heavy atom. The van der Waals surface area contributed by atoms with E-state index in [1.54, 1.807) is 4.68 Å². The van der Waals surface area contributed by atoms with Gasteiger partial charge in [0.05, 0.1) is 11.8 Å². The molecule has 1 N–H and O–H groups in total. The monoisotopic (exact) mass is 371 g/mol. The third-order valence-corrected chi connectivity index (χ3v) is 5.12. The van der Waals surface area contributed by atoms with Gasteiger partial charge in [-0.3, -0.25) is 4.79 Å². The van der Waals surface area contributed by atoms with E-state index in [1.807, 2.05) is 60.7 Å². The molecule has 28 heavy (non-hydrogen) atoms. The van der Waals surface area contributed by atoms with E-state index in [2.05, 4.69) is 21.5 Å². The number of benzene rings is 2. The summed E-state index contributed by atoms with van der Waals surface area (Å²) in [6.07, 6.45) is 4.31. The SMILES string of the molecule is N#CC1(NC(=O)c2nc(-c3ccccc3)n(-c3ccccc3)n2)CCCCC1.